The molecule has 1 aromatic rings. The number of amides is 1. The number of benzene rings is 1. The van der Waals surface area contributed by atoms with Gasteiger partial charge in [-0.15, -0.1) is 0 Å². The molecule has 3 nitrogen and oxygen atoms in total. The Bertz CT molecular complexity index is 561. The van der Waals surface area contributed by atoms with Crippen LogP contribution in [0.4, 0.5) is 0 Å². The molecule has 0 saturated heterocycles. The van der Waals surface area contributed by atoms with Gasteiger partial charge in [0.1, 0.15) is 0 Å². The summed E-state index contributed by atoms with van der Waals surface area (Å²) in [6, 6.07) is 7.49. The van der Waals surface area contributed by atoms with E-state index in [0.717, 1.165) is 24.8 Å². The van der Waals surface area contributed by atoms with E-state index in [0.29, 0.717) is 17.4 Å². The van der Waals surface area contributed by atoms with Crippen molar-refractivity contribution in [3.63, 3.8) is 0 Å². The third-order valence-corrected chi connectivity index (χ3v) is 5.32. The number of hydrogen-bond acceptors (Lipinski definition) is 2. The molecule has 1 saturated carbocycles. The molecule has 0 bridgehead atoms. The van der Waals surface area contributed by atoms with Gasteiger partial charge in [0.05, 0.1) is 5.41 Å². The molecule has 0 radical (unpaired) electrons. The van der Waals surface area contributed by atoms with Crippen molar-refractivity contribution >= 4 is 11.7 Å². The Labute approximate surface area is 133 Å². The third kappa shape index (κ3) is 2.81. The number of ketones is 1. The molecule has 0 spiro atoms. The van der Waals surface area contributed by atoms with Crippen LogP contribution in [0.1, 0.15) is 62.9 Å². The van der Waals surface area contributed by atoms with Crippen LogP contribution in [0.2, 0.25) is 0 Å². The lowest BCUT2D eigenvalue weighted by Crippen LogP contribution is -2.52. The molecule has 2 rings (SSSR count). The summed E-state index contributed by atoms with van der Waals surface area (Å²) < 4.78 is 0. The molecule has 1 aliphatic rings. The maximum Gasteiger partial charge on any atom is 0.228 e. The summed E-state index contributed by atoms with van der Waals surface area (Å²) in [5, 5.41) is 0. The first-order chi connectivity index (χ1) is 10.3. The number of hydrogen-bond donors (Lipinski definition) is 1. The molecular weight excluding hydrogens is 274 g/mol. The van der Waals surface area contributed by atoms with E-state index in [1.165, 1.54) is 0 Å². The molecule has 3 unspecified atom stereocenters. The van der Waals surface area contributed by atoms with Gasteiger partial charge in [-0.1, -0.05) is 51.5 Å². The molecule has 0 aromatic heterocycles. The Morgan fingerprint density at radius 1 is 1.18 bits per heavy atom. The standard InChI is InChI=1S/C19H27NO2/c1-12(2)17-10-5-13(3)11-19(17,18(20)22)16-8-6-15(7-9-16)14(4)21/h6-9,12-13,17H,5,10-11H2,1-4H3,(H2,20,22). The fourth-order valence-corrected chi connectivity index (χ4v) is 4.18. The van der Waals surface area contributed by atoms with E-state index in [1.807, 2.05) is 24.3 Å². The molecule has 1 aliphatic carbocycles. The van der Waals surface area contributed by atoms with Gasteiger partial charge in [-0.05, 0) is 43.1 Å². The van der Waals surface area contributed by atoms with Gasteiger partial charge in [0.15, 0.2) is 5.78 Å². The second kappa shape index (κ2) is 6.23. The Balaban J connectivity index is 2.54. The van der Waals surface area contributed by atoms with Crippen LogP contribution in [0.25, 0.3) is 0 Å². The second-order valence-electron chi connectivity index (χ2n) is 7.21. The highest BCUT2D eigenvalue weighted by Gasteiger charge is 2.49. The number of carbonyl (C=O) groups is 2. The molecule has 0 aliphatic heterocycles. The Kier molecular flexibility index (Phi) is 4.74. The summed E-state index contributed by atoms with van der Waals surface area (Å²) in [4.78, 5) is 24.0. The van der Waals surface area contributed by atoms with Crippen molar-refractivity contribution < 1.29 is 9.59 Å². The SMILES string of the molecule is CC(=O)c1ccc(C2(C(N)=O)CC(C)CCC2C(C)C)cc1. The van der Waals surface area contributed by atoms with Crippen LogP contribution in [0, 0.1) is 17.8 Å². The van der Waals surface area contributed by atoms with Crippen LogP contribution in [-0.2, 0) is 10.2 Å². The lowest BCUT2D eigenvalue weighted by atomic mass is 9.56. The average Bonchev–Trinajstić information content (AvgIpc) is 2.46. The van der Waals surface area contributed by atoms with Crippen molar-refractivity contribution in [1.29, 1.82) is 0 Å². The normalized spacial score (nSPS) is 28.6. The first-order valence-corrected chi connectivity index (χ1v) is 8.20. The van der Waals surface area contributed by atoms with Gasteiger partial charge in [-0.3, -0.25) is 9.59 Å². The van der Waals surface area contributed by atoms with Crippen molar-refractivity contribution in [3.05, 3.63) is 35.4 Å². The first-order valence-electron chi connectivity index (χ1n) is 8.20. The van der Waals surface area contributed by atoms with Gasteiger partial charge in [0, 0.05) is 5.56 Å². The van der Waals surface area contributed by atoms with Gasteiger partial charge in [-0.2, -0.15) is 0 Å². The number of carbonyl (C=O) groups excluding carboxylic acids is 2. The smallest absolute Gasteiger partial charge is 0.228 e. The van der Waals surface area contributed by atoms with Crippen LogP contribution in [0.15, 0.2) is 24.3 Å². The van der Waals surface area contributed by atoms with Gasteiger partial charge in [0.2, 0.25) is 5.91 Å². The fourth-order valence-electron chi connectivity index (χ4n) is 4.18. The van der Waals surface area contributed by atoms with Gasteiger partial charge in [0.25, 0.3) is 0 Å². The fraction of sp³-hybridized carbons (Fsp3) is 0.579. The molecular formula is C19H27NO2. The Morgan fingerprint density at radius 2 is 1.77 bits per heavy atom. The monoisotopic (exact) mass is 301 g/mol. The number of primary amides is 1. The number of rotatable bonds is 4. The van der Waals surface area contributed by atoms with E-state index >= 15 is 0 Å². The topological polar surface area (TPSA) is 60.2 Å². The van der Waals surface area contributed by atoms with E-state index in [4.69, 9.17) is 5.73 Å². The summed E-state index contributed by atoms with van der Waals surface area (Å²) in [6.45, 7) is 8.08. The third-order valence-electron chi connectivity index (χ3n) is 5.32. The number of nitrogens with two attached hydrogens (primary N) is 1. The molecule has 1 fully saturated rings. The van der Waals surface area contributed by atoms with Gasteiger partial charge < -0.3 is 5.73 Å². The molecule has 2 N–H and O–H groups in total. The predicted octanol–water partition coefficient (Wildman–Crippen LogP) is 3.70. The van der Waals surface area contributed by atoms with E-state index in [-0.39, 0.29) is 17.6 Å². The highest BCUT2D eigenvalue weighted by molar-refractivity contribution is 5.94. The van der Waals surface area contributed by atoms with E-state index in [9.17, 15) is 9.59 Å². The molecule has 120 valence electrons. The van der Waals surface area contributed by atoms with E-state index in [1.54, 1.807) is 6.92 Å². The quantitative estimate of drug-likeness (QED) is 0.862. The average molecular weight is 301 g/mol. The minimum Gasteiger partial charge on any atom is -0.369 e. The summed E-state index contributed by atoms with van der Waals surface area (Å²) in [5.74, 6) is 0.942. The minimum atomic E-state index is -0.610. The maximum absolute atomic E-state index is 12.5. The zero-order valence-electron chi connectivity index (χ0n) is 14.1. The van der Waals surface area contributed by atoms with Crippen LogP contribution in [0.5, 0.6) is 0 Å². The summed E-state index contributed by atoms with van der Waals surface area (Å²) in [7, 11) is 0. The van der Waals surface area contributed by atoms with E-state index in [2.05, 4.69) is 20.8 Å². The van der Waals surface area contributed by atoms with Crippen LogP contribution >= 0.6 is 0 Å². The Hall–Kier alpha value is -1.64. The first kappa shape index (κ1) is 16.7. The van der Waals surface area contributed by atoms with Crippen molar-refractivity contribution in [2.75, 3.05) is 0 Å². The highest BCUT2D eigenvalue weighted by Crippen LogP contribution is 2.49. The summed E-state index contributed by atoms with van der Waals surface area (Å²) >= 11 is 0. The molecule has 1 aromatic carbocycles. The van der Waals surface area contributed by atoms with Crippen molar-refractivity contribution in [3.8, 4) is 0 Å². The molecule has 22 heavy (non-hydrogen) atoms. The summed E-state index contributed by atoms with van der Waals surface area (Å²) in [6.07, 6.45) is 2.96. The molecule has 1 amide bonds. The van der Waals surface area contributed by atoms with E-state index < -0.39 is 5.41 Å². The van der Waals surface area contributed by atoms with Crippen LogP contribution in [-0.4, -0.2) is 11.7 Å². The van der Waals surface area contributed by atoms with Crippen molar-refractivity contribution in [2.45, 2.75) is 52.4 Å². The predicted molar refractivity (Wildman–Crippen MR) is 88.7 cm³/mol. The highest BCUT2D eigenvalue weighted by atomic mass is 16.1. The van der Waals surface area contributed by atoms with Gasteiger partial charge in [-0.25, -0.2) is 0 Å². The van der Waals surface area contributed by atoms with Crippen molar-refractivity contribution in [1.82, 2.24) is 0 Å². The van der Waals surface area contributed by atoms with Crippen molar-refractivity contribution in [2.24, 2.45) is 23.5 Å². The zero-order chi connectivity index (χ0) is 16.5. The van der Waals surface area contributed by atoms with Crippen LogP contribution < -0.4 is 5.73 Å². The van der Waals surface area contributed by atoms with Crippen LogP contribution in [0.3, 0.4) is 0 Å². The molecule has 3 heteroatoms. The largest absolute Gasteiger partial charge is 0.369 e. The lowest BCUT2D eigenvalue weighted by molar-refractivity contribution is -0.129. The molecule has 0 heterocycles. The second-order valence-corrected chi connectivity index (χ2v) is 7.21. The molecule has 3 atom stereocenters. The Morgan fingerprint density at radius 3 is 2.23 bits per heavy atom. The van der Waals surface area contributed by atoms with Gasteiger partial charge >= 0.3 is 0 Å². The zero-order valence-corrected chi connectivity index (χ0v) is 14.1. The maximum atomic E-state index is 12.5. The lowest BCUT2D eigenvalue weighted by Gasteiger charge is -2.46. The number of Topliss-reactive ketones (excluding diaryl/α,β-unsaturated/α-hetero) is 1. The summed E-state index contributed by atoms with van der Waals surface area (Å²) in [5.41, 5.74) is 6.95. The minimum absolute atomic E-state index is 0.0390.